The van der Waals surface area contributed by atoms with E-state index in [2.05, 4.69) is 16.0 Å². The van der Waals surface area contributed by atoms with Gasteiger partial charge in [-0.1, -0.05) is 36.2 Å². The standard InChI is InChI=1S/C19H21Cl2N3O2/c1-3-4-18(25)23-13-6-7-14(20)17(10-13)22-11-19(26)24-16-8-5-12(2)9-15(16)21/h5-10,22H,3-4,11H2,1-2H3,(H,23,25)(H,24,26). The third kappa shape index (κ3) is 5.93. The van der Waals surface area contributed by atoms with E-state index in [1.807, 2.05) is 19.9 Å². The highest BCUT2D eigenvalue weighted by Gasteiger charge is 2.09. The molecule has 2 aromatic rings. The van der Waals surface area contributed by atoms with Crippen molar-refractivity contribution in [2.24, 2.45) is 0 Å². The van der Waals surface area contributed by atoms with Gasteiger partial charge in [-0.25, -0.2) is 0 Å². The molecule has 0 aliphatic heterocycles. The molecule has 5 nitrogen and oxygen atoms in total. The van der Waals surface area contributed by atoms with Crippen molar-refractivity contribution in [1.82, 2.24) is 0 Å². The van der Waals surface area contributed by atoms with Crippen molar-refractivity contribution in [2.45, 2.75) is 26.7 Å². The van der Waals surface area contributed by atoms with Gasteiger partial charge in [-0.15, -0.1) is 0 Å². The van der Waals surface area contributed by atoms with E-state index in [0.29, 0.717) is 33.5 Å². The molecule has 0 radical (unpaired) electrons. The van der Waals surface area contributed by atoms with Gasteiger partial charge in [0.1, 0.15) is 0 Å². The zero-order valence-corrected chi connectivity index (χ0v) is 16.2. The molecule has 2 amide bonds. The van der Waals surface area contributed by atoms with E-state index in [-0.39, 0.29) is 18.4 Å². The Labute approximate surface area is 163 Å². The Morgan fingerprint density at radius 2 is 1.69 bits per heavy atom. The Kier molecular flexibility index (Phi) is 7.30. The maximum absolute atomic E-state index is 12.1. The topological polar surface area (TPSA) is 70.2 Å². The van der Waals surface area contributed by atoms with Crippen LogP contribution >= 0.6 is 23.2 Å². The SMILES string of the molecule is CCCC(=O)Nc1ccc(Cl)c(NCC(=O)Nc2ccc(C)cc2Cl)c1. The van der Waals surface area contributed by atoms with E-state index >= 15 is 0 Å². The normalized spacial score (nSPS) is 10.3. The van der Waals surface area contributed by atoms with Crippen molar-refractivity contribution in [2.75, 3.05) is 22.5 Å². The first-order valence-electron chi connectivity index (χ1n) is 8.28. The van der Waals surface area contributed by atoms with Gasteiger partial charge in [0.2, 0.25) is 11.8 Å². The van der Waals surface area contributed by atoms with Crippen LogP contribution in [0.25, 0.3) is 0 Å². The summed E-state index contributed by atoms with van der Waals surface area (Å²) >= 11 is 12.3. The minimum atomic E-state index is -0.257. The molecule has 0 atom stereocenters. The first-order chi connectivity index (χ1) is 12.4. The molecule has 0 aromatic heterocycles. The number of nitrogens with one attached hydrogen (secondary N) is 3. The highest BCUT2D eigenvalue weighted by atomic mass is 35.5. The lowest BCUT2D eigenvalue weighted by molar-refractivity contribution is -0.116. The summed E-state index contributed by atoms with van der Waals surface area (Å²) in [5, 5.41) is 9.45. The van der Waals surface area contributed by atoms with E-state index in [9.17, 15) is 9.59 Å². The minimum Gasteiger partial charge on any atom is -0.375 e. The van der Waals surface area contributed by atoms with E-state index in [1.165, 1.54) is 0 Å². The van der Waals surface area contributed by atoms with Gasteiger partial charge in [-0.05, 0) is 49.2 Å². The number of benzene rings is 2. The molecular weight excluding hydrogens is 373 g/mol. The van der Waals surface area contributed by atoms with Gasteiger partial charge >= 0.3 is 0 Å². The molecule has 3 N–H and O–H groups in total. The predicted molar refractivity (Wildman–Crippen MR) is 108 cm³/mol. The van der Waals surface area contributed by atoms with Crippen LogP contribution in [0.5, 0.6) is 0 Å². The number of hydrogen-bond acceptors (Lipinski definition) is 3. The Morgan fingerprint density at radius 3 is 2.38 bits per heavy atom. The predicted octanol–water partition coefficient (Wildman–Crippen LogP) is 5.09. The molecule has 2 aromatic carbocycles. The molecule has 0 saturated heterocycles. The summed E-state index contributed by atoms with van der Waals surface area (Å²) < 4.78 is 0. The lowest BCUT2D eigenvalue weighted by atomic mass is 10.2. The van der Waals surface area contributed by atoms with Gasteiger partial charge in [-0.3, -0.25) is 9.59 Å². The molecule has 0 aliphatic carbocycles. The third-order valence-corrected chi connectivity index (χ3v) is 4.21. The second kappa shape index (κ2) is 9.46. The zero-order chi connectivity index (χ0) is 19.1. The fourth-order valence-corrected chi connectivity index (χ4v) is 2.75. The van der Waals surface area contributed by atoms with Gasteiger partial charge in [-0.2, -0.15) is 0 Å². The van der Waals surface area contributed by atoms with Gasteiger partial charge in [0.15, 0.2) is 0 Å². The minimum absolute atomic E-state index is 0.0102. The van der Waals surface area contributed by atoms with Gasteiger partial charge in [0.05, 0.1) is 28.0 Å². The summed E-state index contributed by atoms with van der Waals surface area (Å²) in [6.07, 6.45) is 1.22. The molecule has 0 spiro atoms. The first-order valence-corrected chi connectivity index (χ1v) is 9.04. The van der Waals surface area contributed by atoms with E-state index in [0.717, 1.165) is 12.0 Å². The van der Waals surface area contributed by atoms with E-state index in [4.69, 9.17) is 23.2 Å². The molecule has 0 heterocycles. The second-order valence-electron chi connectivity index (χ2n) is 5.88. The number of rotatable bonds is 7. The fourth-order valence-electron chi connectivity index (χ4n) is 2.28. The smallest absolute Gasteiger partial charge is 0.243 e. The molecule has 0 fully saturated rings. The average Bonchev–Trinajstić information content (AvgIpc) is 2.58. The monoisotopic (exact) mass is 393 g/mol. The first kappa shape index (κ1) is 20.1. The van der Waals surface area contributed by atoms with Crippen LogP contribution in [0.3, 0.4) is 0 Å². The van der Waals surface area contributed by atoms with E-state index < -0.39 is 0 Å². The summed E-state index contributed by atoms with van der Waals surface area (Å²) in [4.78, 5) is 23.8. The summed E-state index contributed by atoms with van der Waals surface area (Å²) in [5.41, 5.74) is 2.75. The van der Waals surface area contributed by atoms with Gasteiger partial charge in [0, 0.05) is 12.1 Å². The Balaban J connectivity index is 1.97. The Hall–Kier alpha value is -2.24. The molecule has 0 saturated carbocycles. The molecule has 26 heavy (non-hydrogen) atoms. The number of hydrogen-bond donors (Lipinski definition) is 3. The van der Waals surface area contributed by atoms with Crippen molar-refractivity contribution in [3.63, 3.8) is 0 Å². The lowest BCUT2D eigenvalue weighted by Gasteiger charge is -2.12. The number of halogens is 2. The Bertz CT molecular complexity index is 809. The molecule has 0 unspecified atom stereocenters. The molecule has 2 rings (SSSR count). The summed E-state index contributed by atoms with van der Waals surface area (Å²) in [6.45, 7) is 3.87. The van der Waals surface area contributed by atoms with Crippen LogP contribution in [-0.2, 0) is 9.59 Å². The molecule has 0 bridgehead atoms. The van der Waals surface area contributed by atoms with Crippen molar-refractivity contribution in [3.05, 3.63) is 52.0 Å². The molecule has 0 aliphatic rings. The van der Waals surface area contributed by atoms with Crippen LogP contribution in [0, 0.1) is 6.92 Å². The number of aryl methyl sites for hydroxylation is 1. The number of carbonyl (C=O) groups excluding carboxylic acids is 2. The van der Waals surface area contributed by atoms with Crippen LogP contribution in [0.2, 0.25) is 10.0 Å². The maximum Gasteiger partial charge on any atom is 0.243 e. The second-order valence-corrected chi connectivity index (χ2v) is 6.69. The average molecular weight is 394 g/mol. The van der Waals surface area contributed by atoms with Crippen molar-refractivity contribution in [1.29, 1.82) is 0 Å². The molecule has 138 valence electrons. The van der Waals surface area contributed by atoms with Crippen LogP contribution in [0.15, 0.2) is 36.4 Å². The van der Waals surface area contributed by atoms with Crippen molar-refractivity contribution < 1.29 is 9.59 Å². The van der Waals surface area contributed by atoms with Crippen LogP contribution < -0.4 is 16.0 Å². The Morgan fingerprint density at radius 1 is 0.923 bits per heavy atom. The van der Waals surface area contributed by atoms with Gasteiger partial charge < -0.3 is 16.0 Å². The molecule has 7 heteroatoms. The highest BCUT2D eigenvalue weighted by Crippen LogP contribution is 2.26. The van der Waals surface area contributed by atoms with Crippen LogP contribution in [0.1, 0.15) is 25.3 Å². The molecular formula is C19H21Cl2N3O2. The number of anilines is 3. The largest absolute Gasteiger partial charge is 0.375 e. The number of carbonyl (C=O) groups is 2. The quantitative estimate of drug-likeness (QED) is 0.613. The van der Waals surface area contributed by atoms with Crippen molar-refractivity contribution >= 4 is 52.1 Å². The fraction of sp³-hybridized carbons (Fsp3) is 0.263. The van der Waals surface area contributed by atoms with Crippen LogP contribution in [-0.4, -0.2) is 18.4 Å². The number of amides is 2. The zero-order valence-electron chi connectivity index (χ0n) is 14.7. The highest BCUT2D eigenvalue weighted by molar-refractivity contribution is 6.34. The summed E-state index contributed by atoms with van der Waals surface area (Å²) in [5.74, 6) is -0.320. The van der Waals surface area contributed by atoms with Crippen molar-refractivity contribution in [3.8, 4) is 0 Å². The summed E-state index contributed by atoms with van der Waals surface area (Å²) in [7, 11) is 0. The summed E-state index contributed by atoms with van der Waals surface area (Å²) in [6, 6.07) is 10.5. The van der Waals surface area contributed by atoms with Gasteiger partial charge in [0.25, 0.3) is 0 Å². The third-order valence-electron chi connectivity index (χ3n) is 3.57. The lowest BCUT2D eigenvalue weighted by Crippen LogP contribution is -2.22. The maximum atomic E-state index is 12.1. The van der Waals surface area contributed by atoms with Crippen LogP contribution in [0.4, 0.5) is 17.1 Å². The van der Waals surface area contributed by atoms with E-state index in [1.54, 1.807) is 30.3 Å².